The van der Waals surface area contributed by atoms with Crippen LogP contribution in [-0.2, 0) is 16.5 Å². The van der Waals surface area contributed by atoms with Crippen molar-refractivity contribution >= 4 is 10.7 Å². The van der Waals surface area contributed by atoms with Crippen LogP contribution in [0.5, 0.6) is 0 Å². The summed E-state index contributed by atoms with van der Waals surface area (Å²) in [6.45, 7) is 6.01. The molecular formula is C19H30O2S. The van der Waals surface area contributed by atoms with Crippen molar-refractivity contribution in [3.63, 3.8) is 0 Å². The second-order valence-electron chi connectivity index (χ2n) is 6.00. The summed E-state index contributed by atoms with van der Waals surface area (Å²) < 4.78 is 21.6. The van der Waals surface area contributed by atoms with E-state index in [1.54, 1.807) is 0 Å². The molecule has 0 aliphatic rings. The number of allylic oxidation sites excluding steroid dienone is 1. The fraction of sp³-hybridized carbons (Fsp3) is 0.579. The minimum Gasteiger partial charge on any atom is -0.232 e. The molecule has 0 saturated carbocycles. The second-order valence-corrected chi connectivity index (χ2v) is 6.98. The van der Waals surface area contributed by atoms with Crippen LogP contribution in [0.4, 0.5) is 0 Å². The Labute approximate surface area is 137 Å². The monoisotopic (exact) mass is 322 g/mol. The molecule has 0 fully saturated rings. The first-order chi connectivity index (χ1) is 10.7. The third kappa shape index (κ3) is 7.79. The molecule has 0 saturated heterocycles. The van der Waals surface area contributed by atoms with Gasteiger partial charge in [0, 0.05) is 0 Å². The lowest BCUT2D eigenvalue weighted by Crippen LogP contribution is -2.00. The Morgan fingerprint density at radius 2 is 1.68 bits per heavy atom. The van der Waals surface area contributed by atoms with Crippen LogP contribution >= 0.6 is 0 Å². The third-order valence-electron chi connectivity index (χ3n) is 4.13. The lowest BCUT2D eigenvalue weighted by molar-refractivity contribution is 0.510. The number of unbranched alkanes of at least 4 members (excludes halogenated alkanes) is 4. The lowest BCUT2D eigenvalue weighted by Gasteiger charge is -2.17. The van der Waals surface area contributed by atoms with Gasteiger partial charge in [-0.15, -0.1) is 6.58 Å². The summed E-state index contributed by atoms with van der Waals surface area (Å²) in [5.74, 6) is 0.751. The first-order valence-corrected chi connectivity index (χ1v) is 9.85. The van der Waals surface area contributed by atoms with E-state index in [-0.39, 0.29) is 5.75 Å². The van der Waals surface area contributed by atoms with Gasteiger partial charge in [-0.2, -0.15) is 0 Å². The molecule has 0 amide bonds. The van der Waals surface area contributed by atoms with Crippen molar-refractivity contribution in [1.82, 2.24) is 0 Å². The molecule has 2 nitrogen and oxygen atoms in total. The van der Waals surface area contributed by atoms with Crippen LogP contribution < -0.4 is 0 Å². The molecule has 0 aromatic heterocycles. The molecular weight excluding hydrogens is 292 g/mol. The highest BCUT2D eigenvalue weighted by Crippen LogP contribution is 2.28. The average molecular weight is 323 g/mol. The Morgan fingerprint density at radius 1 is 1.05 bits per heavy atom. The van der Waals surface area contributed by atoms with Crippen molar-refractivity contribution in [2.24, 2.45) is 0 Å². The van der Waals surface area contributed by atoms with Gasteiger partial charge in [-0.05, 0) is 42.7 Å². The predicted octanol–water partition coefficient (Wildman–Crippen LogP) is 5.21. The smallest absolute Gasteiger partial charge is 0.144 e. The summed E-state index contributed by atoms with van der Waals surface area (Å²) in [7, 11) is -2.34. The summed E-state index contributed by atoms with van der Waals surface area (Å²) in [4.78, 5) is 0. The Morgan fingerprint density at radius 3 is 2.23 bits per heavy atom. The zero-order valence-electron chi connectivity index (χ0n) is 13.8. The summed E-state index contributed by atoms with van der Waals surface area (Å²) in [6, 6.07) is 8.19. The third-order valence-corrected chi connectivity index (χ3v) is 4.75. The van der Waals surface area contributed by atoms with E-state index in [2.05, 4.69) is 25.6 Å². The molecule has 1 aromatic carbocycles. The molecule has 1 atom stereocenters. The SMILES string of the molecule is C=CCCCCC(CCCCC)c1ccc(C[SH](=O)=O)cc1. The van der Waals surface area contributed by atoms with Gasteiger partial charge in [-0.3, -0.25) is 0 Å². The molecule has 3 heteroatoms. The van der Waals surface area contributed by atoms with Gasteiger partial charge in [-0.25, -0.2) is 8.42 Å². The van der Waals surface area contributed by atoms with Gasteiger partial charge in [0.2, 0.25) is 0 Å². The fourth-order valence-electron chi connectivity index (χ4n) is 2.84. The zero-order valence-corrected chi connectivity index (χ0v) is 14.7. The summed E-state index contributed by atoms with van der Waals surface area (Å²) in [5, 5.41) is 0. The van der Waals surface area contributed by atoms with Gasteiger partial charge in [0.25, 0.3) is 0 Å². The van der Waals surface area contributed by atoms with Crippen molar-refractivity contribution < 1.29 is 8.42 Å². The standard InChI is InChI=1S/C19H30O2S/c1-3-5-7-9-11-18(10-8-6-4-2)19-14-12-17(13-15-19)16-22(20)21/h3,12-15,18,22H,1,4-11,16H2,2H3. The molecule has 1 unspecified atom stereocenters. The molecule has 0 heterocycles. The first kappa shape index (κ1) is 19.0. The average Bonchev–Trinajstić information content (AvgIpc) is 2.50. The highest BCUT2D eigenvalue weighted by atomic mass is 32.2. The zero-order chi connectivity index (χ0) is 16.2. The minimum absolute atomic E-state index is 0.148. The maximum Gasteiger partial charge on any atom is 0.144 e. The Hall–Kier alpha value is -1.09. The minimum atomic E-state index is -2.34. The topological polar surface area (TPSA) is 34.1 Å². The van der Waals surface area contributed by atoms with E-state index in [9.17, 15) is 8.42 Å². The van der Waals surface area contributed by atoms with E-state index in [0.29, 0.717) is 5.92 Å². The van der Waals surface area contributed by atoms with Gasteiger partial charge in [-0.1, -0.05) is 62.9 Å². The van der Waals surface area contributed by atoms with E-state index in [1.165, 1.54) is 50.5 Å². The number of benzene rings is 1. The van der Waals surface area contributed by atoms with Gasteiger partial charge in [0.15, 0.2) is 0 Å². The largest absolute Gasteiger partial charge is 0.232 e. The molecule has 0 aliphatic carbocycles. The van der Waals surface area contributed by atoms with Crippen LogP contribution in [0.3, 0.4) is 0 Å². The van der Waals surface area contributed by atoms with E-state index in [4.69, 9.17) is 0 Å². The number of rotatable bonds is 12. The van der Waals surface area contributed by atoms with Crippen LogP contribution in [0, 0.1) is 0 Å². The molecule has 0 aliphatic heterocycles. The molecule has 1 aromatic rings. The van der Waals surface area contributed by atoms with E-state index < -0.39 is 10.7 Å². The normalized spacial score (nSPS) is 12.5. The van der Waals surface area contributed by atoms with Crippen LogP contribution in [0.15, 0.2) is 36.9 Å². The number of hydrogen-bond acceptors (Lipinski definition) is 2. The fourth-order valence-corrected chi connectivity index (χ4v) is 3.35. The maximum absolute atomic E-state index is 10.8. The molecule has 22 heavy (non-hydrogen) atoms. The Kier molecular flexibility index (Phi) is 9.89. The summed E-state index contributed by atoms with van der Waals surface area (Å²) >= 11 is 0. The molecule has 0 spiro atoms. The summed E-state index contributed by atoms with van der Waals surface area (Å²) in [6.07, 6.45) is 11.8. The molecule has 0 N–H and O–H groups in total. The van der Waals surface area contributed by atoms with Crippen molar-refractivity contribution in [3.8, 4) is 0 Å². The molecule has 0 bridgehead atoms. The Balaban J connectivity index is 2.64. The van der Waals surface area contributed by atoms with Crippen LogP contribution in [0.25, 0.3) is 0 Å². The van der Waals surface area contributed by atoms with Gasteiger partial charge < -0.3 is 0 Å². The van der Waals surface area contributed by atoms with Crippen molar-refractivity contribution in [2.45, 2.75) is 70.0 Å². The van der Waals surface area contributed by atoms with Gasteiger partial charge in [0.1, 0.15) is 10.7 Å². The van der Waals surface area contributed by atoms with Crippen LogP contribution in [-0.4, -0.2) is 8.42 Å². The highest BCUT2D eigenvalue weighted by molar-refractivity contribution is 7.71. The number of thiol groups is 1. The summed E-state index contributed by atoms with van der Waals surface area (Å²) in [5.41, 5.74) is 2.25. The maximum atomic E-state index is 10.8. The van der Waals surface area contributed by atoms with Gasteiger partial charge in [0.05, 0.1) is 5.75 Å². The molecule has 124 valence electrons. The Bertz CT molecular complexity index is 481. The van der Waals surface area contributed by atoms with E-state index in [0.717, 1.165) is 12.0 Å². The highest BCUT2D eigenvalue weighted by Gasteiger charge is 2.11. The molecule has 0 radical (unpaired) electrons. The quantitative estimate of drug-likeness (QED) is 0.326. The van der Waals surface area contributed by atoms with Crippen molar-refractivity contribution in [3.05, 3.63) is 48.0 Å². The molecule has 1 rings (SSSR count). The van der Waals surface area contributed by atoms with Crippen LogP contribution in [0.1, 0.15) is 75.3 Å². The predicted molar refractivity (Wildman–Crippen MR) is 96.0 cm³/mol. The lowest BCUT2D eigenvalue weighted by atomic mass is 9.88. The van der Waals surface area contributed by atoms with Gasteiger partial charge >= 0.3 is 0 Å². The van der Waals surface area contributed by atoms with E-state index >= 15 is 0 Å². The van der Waals surface area contributed by atoms with Crippen LogP contribution in [0.2, 0.25) is 0 Å². The number of hydrogen-bond donors (Lipinski definition) is 1. The first-order valence-electron chi connectivity index (χ1n) is 8.49. The second kappa shape index (κ2) is 11.5. The van der Waals surface area contributed by atoms with E-state index in [1.807, 2.05) is 18.2 Å². The van der Waals surface area contributed by atoms with Crippen molar-refractivity contribution in [2.75, 3.05) is 0 Å². The van der Waals surface area contributed by atoms with Crippen molar-refractivity contribution in [1.29, 1.82) is 0 Å².